The Morgan fingerprint density at radius 3 is 1.00 bits per heavy atom. The third kappa shape index (κ3) is 14.8. The summed E-state index contributed by atoms with van der Waals surface area (Å²) in [7, 11) is -7.12. The van der Waals surface area contributed by atoms with E-state index >= 15 is 0 Å². The maximum atomic E-state index is 12.9. The third-order valence-electron chi connectivity index (χ3n) is 6.80. The molecule has 35 heavy (non-hydrogen) atoms. The van der Waals surface area contributed by atoms with Gasteiger partial charge in [0.25, 0.3) is 0 Å². The van der Waals surface area contributed by atoms with Gasteiger partial charge < -0.3 is 0 Å². The van der Waals surface area contributed by atoms with Crippen LogP contribution in [0.4, 0.5) is 0 Å². The van der Waals surface area contributed by atoms with Crippen LogP contribution in [0.1, 0.15) is 142 Å². The molecule has 0 aliphatic rings. The maximum absolute atomic E-state index is 12.9. The molecule has 206 valence electrons. The maximum Gasteiger partial charge on any atom is 0.180 e. The van der Waals surface area contributed by atoms with E-state index in [1.165, 1.54) is 99.1 Å². The molecule has 0 bridgehead atoms. The average Bonchev–Trinajstić information content (AvgIpc) is 3.34. The molecule has 0 fully saturated rings. The summed E-state index contributed by atoms with van der Waals surface area (Å²) in [6.45, 7) is 4.45. The zero-order valence-electron chi connectivity index (χ0n) is 22.6. The van der Waals surface area contributed by atoms with E-state index in [9.17, 15) is 16.8 Å². The Balaban J connectivity index is 2.32. The van der Waals surface area contributed by atoms with E-state index in [4.69, 9.17) is 0 Å². The number of unbranched alkanes of at least 4 members (excludes halogenated alkanes) is 18. The van der Waals surface area contributed by atoms with Crippen molar-refractivity contribution in [2.45, 2.75) is 152 Å². The van der Waals surface area contributed by atoms with E-state index in [-0.39, 0.29) is 21.3 Å². The Kier molecular flexibility index (Phi) is 18.3. The molecule has 0 atom stereocenters. The van der Waals surface area contributed by atoms with Crippen LogP contribution in [0.15, 0.2) is 20.6 Å². The molecule has 7 heteroatoms. The molecule has 0 unspecified atom stereocenters. The van der Waals surface area contributed by atoms with E-state index in [0.717, 1.165) is 38.5 Å². The summed E-state index contributed by atoms with van der Waals surface area (Å²) in [6, 6.07) is 0. The van der Waals surface area contributed by atoms with E-state index in [0.29, 0.717) is 12.8 Å². The molecular formula is C28H52O4S3. The Bertz CT molecular complexity index is 773. The molecule has 4 nitrogen and oxygen atoms in total. The van der Waals surface area contributed by atoms with Crippen molar-refractivity contribution in [3.63, 3.8) is 0 Å². The fourth-order valence-electron chi connectivity index (χ4n) is 4.51. The topological polar surface area (TPSA) is 68.3 Å². The van der Waals surface area contributed by atoms with Gasteiger partial charge in [0.05, 0.1) is 21.3 Å². The van der Waals surface area contributed by atoms with Crippen molar-refractivity contribution in [2.75, 3.05) is 11.5 Å². The lowest BCUT2D eigenvalue weighted by molar-refractivity contribution is 0.555. The SMILES string of the molecule is CCCCCCCCCCCCS(=O)(=O)c1cscc1S(=O)(=O)CCCCCCCCCCCC. The lowest BCUT2D eigenvalue weighted by atomic mass is 10.1. The van der Waals surface area contributed by atoms with Gasteiger partial charge >= 0.3 is 0 Å². The van der Waals surface area contributed by atoms with Crippen molar-refractivity contribution in [3.8, 4) is 0 Å². The summed E-state index contributed by atoms with van der Waals surface area (Å²) < 4.78 is 51.5. The normalized spacial score (nSPS) is 12.4. The van der Waals surface area contributed by atoms with Crippen molar-refractivity contribution in [1.29, 1.82) is 0 Å². The third-order valence-corrected chi connectivity index (χ3v) is 11.6. The van der Waals surface area contributed by atoms with Crippen LogP contribution in [-0.4, -0.2) is 28.3 Å². The van der Waals surface area contributed by atoms with Gasteiger partial charge in [0, 0.05) is 10.8 Å². The second-order valence-electron chi connectivity index (χ2n) is 10.1. The highest BCUT2D eigenvalue weighted by atomic mass is 32.2. The van der Waals surface area contributed by atoms with Gasteiger partial charge in [-0.1, -0.05) is 129 Å². The Morgan fingerprint density at radius 1 is 0.457 bits per heavy atom. The fourth-order valence-corrected chi connectivity index (χ4v) is 9.83. The summed E-state index contributed by atoms with van der Waals surface area (Å²) in [6.07, 6.45) is 22.8. The quantitative estimate of drug-likeness (QED) is 0.121. The Morgan fingerprint density at radius 2 is 0.714 bits per heavy atom. The molecule has 0 amide bonds. The van der Waals surface area contributed by atoms with Crippen LogP contribution in [0.5, 0.6) is 0 Å². The highest BCUT2D eigenvalue weighted by Crippen LogP contribution is 2.28. The van der Waals surface area contributed by atoms with Crippen LogP contribution in [0.25, 0.3) is 0 Å². The van der Waals surface area contributed by atoms with Gasteiger partial charge in [-0.2, -0.15) is 0 Å². The largest absolute Gasteiger partial charge is 0.224 e. The molecule has 1 heterocycles. The predicted octanol–water partition coefficient (Wildman–Crippen LogP) is 9.14. The van der Waals surface area contributed by atoms with Gasteiger partial charge in [-0.3, -0.25) is 0 Å². The summed E-state index contributed by atoms with van der Waals surface area (Å²) >= 11 is 1.18. The lowest BCUT2D eigenvalue weighted by Gasteiger charge is -2.08. The Hall–Kier alpha value is -0.400. The minimum absolute atomic E-state index is 0.0329. The zero-order valence-corrected chi connectivity index (χ0v) is 25.0. The summed E-state index contributed by atoms with van der Waals surface area (Å²) in [5.74, 6) is 0.0853. The first kappa shape index (κ1) is 32.6. The molecule has 0 saturated heterocycles. The van der Waals surface area contributed by atoms with Crippen molar-refractivity contribution in [3.05, 3.63) is 10.8 Å². The second kappa shape index (κ2) is 19.7. The van der Waals surface area contributed by atoms with Crippen LogP contribution < -0.4 is 0 Å². The van der Waals surface area contributed by atoms with Crippen molar-refractivity contribution >= 4 is 31.0 Å². The molecule has 0 aromatic carbocycles. The van der Waals surface area contributed by atoms with E-state index < -0.39 is 19.7 Å². The molecule has 0 aliphatic heterocycles. The number of rotatable bonds is 24. The molecular weight excluding hydrogens is 497 g/mol. The Labute approximate surface area is 221 Å². The monoisotopic (exact) mass is 548 g/mol. The number of thiophene rings is 1. The van der Waals surface area contributed by atoms with Gasteiger partial charge in [0.1, 0.15) is 0 Å². The van der Waals surface area contributed by atoms with Crippen LogP contribution in [-0.2, 0) is 19.7 Å². The number of hydrogen-bond acceptors (Lipinski definition) is 5. The summed E-state index contributed by atoms with van der Waals surface area (Å²) in [5, 5.41) is 3.02. The molecule has 0 spiro atoms. The van der Waals surface area contributed by atoms with E-state index in [2.05, 4.69) is 13.8 Å². The first-order chi connectivity index (χ1) is 16.8. The molecule has 1 aromatic heterocycles. The second-order valence-corrected chi connectivity index (χ2v) is 15.0. The van der Waals surface area contributed by atoms with Gasteiger partial charge in [0.2, 0.25) is 0 Å². The van der Waals surface area contributed by atoms with Crippen molar-refractivity contribution in [1.82, 2.24) is 0 Å². The van der Waals surface area contributed by atoms with E-state index in [1.54, 1.807) is 0 Å². The van der Waals surface area contributed by atoms with E-state index in [1.807, 2.05) is 0 Å². The van der Waals surface area contributed by atoms with Crippen LogP contribution in [0.2, 0.25) is 0 Å². The number of hydrogen-bond donors (Lipinski definition) is 0. The molecule has 0 aliphatic carbocycles. The molecule has 0 N–H and O–H groups in total. The fraction of sp³-hybridized carbons (Fsp3) is 0.857. The number of sulfone groups is 2. The van der Waals surface area contributed by atoms with Crippen molar-refractivity contribution < 1.29 is 16.8 Å². The zero-order chi connectivity index (χ0) is 25.8. The predicted molar refractivity (Wildman–Crippen MR) is 152 cm³/mol. The molecule has 0 saturated carbocycles. The van der Waals surface area contributed by atoms with Gasteiger partial charge in [-0.05, 0) is 12.8 Å². The average molecular weight is 549 g/mol. The minimum Gasteiger partial charge on any atom is -0.224 e. The molecule has 1 aromatic rings. The highest BCUT2D eigenvalue weighted by Gasteiger charge is 2.27. The standard InChI is InChI=1S/C28H52O4S3/c1-3-5-7-9-11-13-15-17-19-21-23-34(29,30)27-25-33-26-28(27)35(31,32)24-22-20-18-16-14-12-10-8-6-4-2/h25-26H,3-24H2,1-2H3. The molecule has 1 rings (SSSR count). The highest BCUT2D eigenvalue weighted by molar-refractivity contribution is 7.94. The van der Waals surface area contributed by atoms with Crippen LogP contribution in [0.3, 0.4) is 0 Å². The van der Waals surface area contributed by atoms with Crippen LogP contribution in [0, 0.1) is 0 Å². The summed E-state index contributed by atoms with van der Waals surface area (Å²) in [4.78, 5) is 0.0657. The first-order valence-electron chi connectivity index (χ1n) is 14.4. The minimum atomic E-state index is -3.56. The summed E-state index contributed by atoms with van der Waals surface area (Å²) in [5.41, 5.74) is 0. The van der Waals surface area contributed by atoms with Crippen LogP contribution >= 0.6 is 11.3 Å². The lowest BCUT2D eigenvalue weighted by Crippen LogP contribution is -2.13. The first-order valence-corrected chi connectivity index (χ1v) is 18.6. The molecule has 0 radical (unpaired) electrons. The van der Waals surface area contributed by atoms with Gasteiger partial charge in [-0.25, -0.2) is 16.8 Å². The smallest absolute Gasteiger partial charge is 0.180 e. The van der Waals surface area contributed by atoms with Gasteiger partial charge in [0.15, 0.2) is 19.7 Å². The van der Waals surface area contributed by atoms with Gasteiger partial charge in [-0.15, -0.1) is 11.3 Å². The van der Waals surface area contributed by atoms with Crippen molar-refractivity contribution in [2.24, 2.45) is 0 Å².